The molecule has 17 heteroatoms. The number of rotatable bonds is 11. The van der Waals surface area contributed by atoms with E-state index in [1.54, 1.807) is 26.5 Å². The van der Waals surface area contributed by atoms with Crippen LogP contribution < -0.4 is 30.9 Å². The first-order valence-corrected chi connectivity index (χ1v) is 22.5. The van der Waals surface area contributed by atoms with Crippen molar-refractivity contribution in [3.8, 4) is 5.82 Å². The number of pyridine rings is 1. The van der Waals surface area contributed by atoms with Gasteiger partial charge in [0.25, 0.3) is 5.56 Å². The molecule has 0 saturated carbocycles. The molecule has 2 aromatic carbocycles. The average molecular weight is 866 g/mol. The molecular weight excluding hydrogens is 811 g/mol. The monoisotopic (exact) mass is 865 g/mol. The number of nitrogens with zero attached hydrogens (tertiary/aromatic N) is 11. The number of fused-ring (bicyclic) bond motifs is 3. The van der Waals surface area contributed by atoms with Crippen molar-refractivity contribution in [1.82, 2.24) is 44.3 Å². The van der Waals surface area contributed by atoms with Crippen molar-refractivity contribution in [3.05, 3.63) is 94.6 Å². The second-order valence-electron chi connectivity index (χ2n) is 17.7. The van der Waals surface area contributed by atoms with Gasteiger partial charge in [-0.25, -0.2) is 24.1 Å². The summed E-state index contributed by atoms with van der Waals surface area (Å²) in [7, 11) is 1.89. The Balaban J connectivity index is 0.758. The maximum Gasteiger partial charge on any atom is 0.329 e. The summed E-state index contributed by atoms with van der Waals surface area (Å²) >= 11 is 0. The van der Waals surface area contributed by atoms with Crippen LogP contribution in [0.25, 0.3) is 27.8 Å². The Morgan fingerprint density at radius 1 is 0.938 bits per heavy atom. The third kappa shape index (κ3) is 7.45. The molecule has 3 saturated heterocycles. The number of imide groups is 1. The molecule has 4 aliphatic rings. The fourth-order valence-electron chi connectivity index (χ4n) is 10.1. The molecule has 4 aromatic heterocycles. The van der Waals surface area contributed by atoms with E-state index in [1.165, 1.54) is 5.69 Å². The summed E-state index contributed by atoms with van der Waals surface area (Å²) in [6.07, 6.45) is 7.72. The average Bonchev–Trinajstić information content (AvgIpc) is 3.91. The van der Waals surface area contributed by atoms with Gasteiger partial charge in [-0.15, -0.1) is 6.58 Å². The Kier molecular flexibility index (Phi) is 10.7. The molecule has 1 atom stereocenters. The Morgan fingerprint density at radius 2 is 1.75 bits per heavy atom. The summed E-state index contributed by atoms with van der Waals surface area (Å²) in [5.41, 5.74) is 6.24. The first-order chi connectivity index (χ1) is 31.0. The fourth-order valence-corrected chi connectivity index (χ4v) is 10.1. The third-order valence-electron chi connectivity index (χ3n) is 13.8. The van der Waals surface area contributed by atoms with Crippen LogP contribution in [0.1, 0.15) is 55.8 Å². The van der Waals surface area contributed by atoms with Gasteiger partial charge in [0.15, 0.2) is 17.3 Å². The Bertz CT molecular complexity index is 2870. The molecule has 10 rings (SSSR count). The highest BCUT2D eigenvalue weighted by atomic mass is 16.3. The summed E-state index contributed by atoms with van der Waals surface area (Å²) in [4.78, 5) is 61.2. The van der Waals surface area contributed by atoms with E-state index in [1.807, 2.05) is 36.9 Å². The number of piperazine rings is 1. The van der Waals surface area contributed by atoms with Crippen LogP contribution in [-0.2, 0) is 30.4 Å². The smallest absolute Gasteiger partial charge is 0.329 e. The molecule has 3 fully saturated rings. The number of piperidine rings is 1. The number of hydrogen-bond acceptors (Lipinski definition) is 12. The molecule has 3 N–H and O–H groups in total. The number of aliphatic hydroxyl groups is 1. The third-order valence-corrected chi connectivity index (χ3v) is 13.8. The number of carbonyl (C=O) groups is 2. The molecule has 0 bridgehead atoms. The highest BCUT2D eigenvalue weighted by Gasteiger charge is 2.37. The molecule has 332 valence electrons. The highest BCUT2D eigenvalue weighted by molar-refractivity contribution is 6.09. The molecule has 6 aromatic rings. The van der Waals surface area contributed by atoms with Gasteiger partial charge in [0.1, 0.15) is 11.0 Å². The molecular formula is C47H55N13O4. The number of aryl methyl sites for hydroxylation is 3. The van der Waals surface area contributed by atoms with Crippen molar-refractivity contribution >= 4 is 62.7 Å². The molecule has 7 heterocycles. The summed E-state index contributed by atoms with van der Waals surface area (Å²) < 4.78 is 5.09. The second-order valence-corrected chi connectivity index (χ2v) is 17.7. The number of hydrogen-bond donors (Lipinski definition) is 3. The fraction of sp³-hybridized carbons (Fsp3) is 0.426. The summed E-state index contributed by atoms with van der Waals surface area (Å²) in [5.74, 6) is 1.85. The topological polar surface area (TPSA) is 175 Å². The van der Waals surface area contributed by atoms with Crippen LogP contribution in [0.4, 0.5) is 33.6 Å². The zero-order valence-electron chi connectivity index (χ0n) is 36.8. The first-order valence-electron chi connectivity index (χ1n) is 22.5. The van der Waals surface area contributed by atoms with E-state index in [9.17, 15) is 19.5 Å². The van der Waals surface area contributed by atoms with Gasteiger partial charge in [-0.3, -0.25) is 29.4 Å². The van der Waals surface area contributed by atoms with Gasteiger partial charge in [0, 0.05) is 94.5 Å². The predicted molar refractivity (Wildman–Crippen MR) is 248 cm³/mol. The number of aromatic nitrogens is 7. The van der Waals surface area contributed by atoms with Crippen LogP contribution in [0.2, 0.25) is 0 Å². The van der Waals surface area contributed by atoms with E-state index in [2.05, 4.69) is 79.3 Å². The van der Waals surface area contributed by atoms with Crippen molar-refractivity contribution < 1.29 is 14.7 Å². The molecule has 3 amide bonds. The Hall–Kier alpha value is -6.59. The van der Waals surface area contributed by atoms with Gasteiger partial charge in [-0.2, -0.15) is 10.1 Å². The second kappa shape index (κ2) is 16.5. The molecule has 0 spiro atoms. The van der Waals surface area contributed by atoms with Gasteiger partial charge in [-0.05, 0) is 98.5 Å². The normalized spacial score (nSPS) is 19.8. The lowest BCUT2D eigenvalue weighted by Crippen LogP contribution is -2.49. The van der Waals surface area contributed by atoms with E-state index in [0.717, 1.165) is 98.5 Å². The number of urea groups is 1. The summed E-state index contributed by atoms with van der Waals surface area (Å²) in [5, 5.41) is 23.0. The van der Waals surface area contributed by atoms with Crippen LogP contribution in [0.5, 0.6) is 0 Å². The molecule has 17 nitrogen and oxygen atoms in total. The van der Waals surface area contributed by atoms with Crippen LogP contribution in [-0.4, -0.2) is 108 Å². The Morgan fingerprint density at radius 3 is 2.50 bits per heavy atom. The van der Waals surface area contributed by atoms with Crippen LogP contribution >= 0.6 is 0 Å². The maximum atomic E-state index is 13.6. The summed E-state index contributed by atoms with van der Waals surface area (Å²) in [6.45, 7) is 15.6. The number of nitrogens with one attached hydrogen (secondary N) is 2. The van der Waals surface area contributed by atoms with Crippen LogP contribution in [0.15, 0.2) is 72.2 Å². The lowest BCUT2D eigenvalue weighted by molar-refractivity contribution is -0.120. The van der Waals surface area contributed by atoms with Gasteiger partial charge in [0.05, 0.1) is 17.8 Å². The minimum absolute atomic E-state index is 0.235. The van der Waals surface area contributed by atoms with E-state index in [0.29, 0.717) is 59.6 Å². The van der Waals surface area contributed by atoms with Gasteiger partial charge >= 0.3 is 6.03 Å². The zero-order valence-corrected chi connectivity index (χ0v) is 36.8. The minimum atomic E-state index is -0.994. The maximum absolute atomic E-state index is 13.6. The number of benzene rings is 2. The highest BCUT2D eigenvalue weighted by Crippen LogP contribution is 2.39. The quantitative estimate of drug-likeness (QED) is 0.147. The standard InChI is InChI=1S/C47H55N13O4/c1-5-18-59-44(62)36-28-48-45(52-42(36)60(59)39-12-7-32-13-17-47(64,6-2)41(32)50-39)49-33-8-11-37(30(3)26-33)57-19-14-31(15-20-57)29-55-22-24-56(25-23-55)34-9-10-35-38(27-34)54(4)53-43(35)58-21-16-40(61)51-46(58)63/h5,7-12,26-28,31,64H,1,6,13-25,29H2,2-4H3,(H,48,49,52)(H,51,61,63)/t47-/m1/s1. The van der Waals surface area contributed by atoms with Crippen molar-refractivity contribution in [1.29, 1.82) is 0 Å². The van der Waals surface area contributed by atoms with Crippen molar-refractivity contribution in [3.63, 3.8) is 0 Å². The van der Waals surface area contributed by atoms with Crippen LogP contribution in [0, 0.1) is 12.8 Å². The van der Waals surface area contributed by atoms with Crippen molar-refractivity contribution in [2.24, 2.45) is 13.0 Å². The zero-order chi connectivity index (χ0) is 44.3. The number of carbonyl (C=O) groups excluding carboxylic acids is 2. The lowest BCUT2D eigenvalue weighted by Gasteiger charge is -2.40. The largest absolute Gasteiger partial charge is 0.384 e. The lowest BCUT2D eigenvalue weighted by atomic mass is 9.95. The predicted octanol–water partition coefficient (Wildman–Crippen LogP) is 5.13. The van der Waals surface area contributed by atoms with Gasteiger partial charge < -0.3 is 20.2 Å². The molecule has 64 heavy (non-hydrogen) atoms. The van der Waals surface area contributed by atoms with Gasteiger partial charge in [-0.1, -0.05) is 19.1 Å². The minimum Gasteiger partial charge on any atom is -0.384 e. The molecule has 1 aliphatic carbocycles. The SMILES string of the molecule is C=CCn1c(=O)c2cnc(Nc3ccc(N4CCC(CN5CCN(c6ccc7c(N8CCC(=O)NC8=O)nn(C)c7c6)CC5)CC4)c(C)c3)nc2n1-c1ccc2c(n1)[C@@](O)(CC)CC2. The van der Waals surface area contributed by atoms with E-state index in [-0.39, 0.29) is 24.4 Å². The summed E-state index contributed by atoms with van der Waals surface area (Å²) in [6, 6.07) is 16.1. The van der Waals surface area contributed by atoms with Crippen LogP contribution in [0.3, 0.4) is 0 Å². The van der Waals surface area contributed by atoms with E-state index < -0.39 is 11.6 Å². The Labute approximate surface area is 371 Å². The molecule has 3 aliphatic heterocycles. The molecule has 0 radical (unpaired) electrons. The number of amides is 3. The first kappa shape index (κ1) is 41.4. The van der Waals surface area contributed by atoms with E-state index >= 15 is 0 Å². The molecule has 0 unspecified atom stereocenters. The van der Waals surface area contributed by atoms with Crippen molar-refractivity contribution in [2.45, 2.75) is 64.5 Å². The number of anilines is 5. The number of allylic oxidation sites excluding steroid dienone is 1. The van der Waals surface area contributed by atoms with Crippen molar-refractivity contribution in [2.75, 3.05) is 72.4 Å². The van der Waals surface area contributed by atoms with Gasteiger partial charge in [0.2, 0.25) is 11.9 Å². The van der Waals surface area contributed by atoms with E-state index in [4.69, 9.17) is 9.97 Å².